The van der Waals surface area contributed by atoms with Gasteiger partial charge in [0.25, 0.3) is 0 Å². The van der Waals surface area contributed by atoms with Gasteiger partial charge in [-0.15, -0.1) is 0 Å². The number of carbonyl (C=O) groups excluding carboxylic acids is 2. The van der Waals surface area contributed by atoms with Crippen molar-refractivity contribution in [2.24, 2.45) is 5.92 Å². The van der Waals surface area contributed by atoms with E-state index in [9.17, 15) is 14.7 Å². The fourth-order valence-corrected chi connectivity index (χ4v) is 4.02. The fraction of sp³-hybridized carbons (Fsp3) is 0.600. The van der Waals surface area contributed by atoms with Crippen molar-refractivity contribution in [3.8, 4) is 0 Å². The van der Waals surface area contributed by atoms with Crippen LogP contribution in [0.4, 0.5) is 0 Å². The molecule has 1 saturated heterocycles. The molecule has 0 bridgehead atoms. The smallest absolute Gasteiger partial charge is 0.223 e. The minimum absolute atomic E-state index is 0.0322. The first-order valence-electron chi connectivity index (χ1n) is 9.15. The van der Waals surface area contributed by atoms with Crippen LogP contribution >= 0.6 is 0 Å². The first kappa shape index (κ1) is 17.2. The summed E-state index contributed by atoms with van der Waals surface area (Å²) in [5.74, 6) is 0.261. The second kappa shape index (κ2) is 7.47. The molecule has 0 aromatic heterocycles. The van der Waals surface area contributed by atoms with Crippen LogP contribution < -0.4 is 0 Å². The lowest BCUT2D eigenvalue weighted by atomic mass is 9.89. The first-order chi connectivity index (χ1) is 11.6. The number of aliphatic hydroxyl groups is 1. The van der Waals surface area contributed by atoms with Crippen molar-refractivity contribution in [1.82, 2.24) is 4.90 Å². The summed E-state index contributed by atoms with van der Waals surface area (Å²) >= 11 is 0. The van der Waals surface area contributed by atoms with Crippen molar-refractivity contribution in [1.29, 1.82) is 0 Å². The van der Waals surface area contributed by atoms with Crippen molar-refractivity contribution in [2.45, 2.75) is 57.9 Å². The molecule has 3 rings (SSSR count). The summed E-state index contributed by atoms with van der Waals surface area (Å²) in [6.07, 6.45) is 5.98. The fourth-order valence-electron chi connectivity index (χ4n) is 4.02. The number of aliphatic hydroxyl groups excluding tert-OH is 1. The Bertz CT molecular complexity index is 625. The van der Waals surface area contributed by atoms with Crippen LogP contribution in [0, 0.1) is 5.92 Å². The molecule has 1 amide bonds. The quantitative estimate of drug-likeness (QED) is 0.845. The standard InChI is InChI=1S/C20H27NO3/c1-14-18(13-22)10-11-21(14)20(24)9-8-19(23)17-7-6-15-4-2-3-5-16(15)12-17/h6-7,12,14,18,22H,2-5,8-11,13H2,1H3. The van der Waals surface area contributed by atoms with Crippen LogP contribution in [0.1, 0.15) is 60.5 Å². The minimum Gasteiger partial charge on any atom is -0.396 e. The number of benzene rings is 1. The third-order valence-corrected chi connectivity index (χ3v) is 5.71. The van der Waals surface area contributed by atoms with Crippen LogP contribution in [0.25, 0.3) is 0 Å². The van der Waals surface area contributed by atoms with E-state index in [0.717, 1.165) is 24.8 Å². The van der Waals surface area contributed by atoms with Gasteiger partial charge in [-0.1, -0.05) is 12.1 Å². The van der Waals surface area contributed by atoms with Crippen LogP contribution in [0.5, 0.6) is 0 Å². The van der Waals surface area contributed by atoms with Crippen molar-refractivity contribution >= 4 is 11.7 Å². The number of carbonyl (C=O) groups is 2. The molecule has 1 fully saturated rings. The summed E-state index contributed by atoms with van der Waals surface area (Å²) in [6.45, 7) is 2.80. The Morgan fingerprint density at radius 2 is 1.92 bits per heavy atom. The van der Waals surface area contributed by atoms with Gasteiger partial charge >= 0.3 is 0 Å². The average molecular weight is 329 g/mol. The van der Waals surface area contributed by atoms with Crippen molar-refractivity contribution in [3.63, 3.8) is 0 Å². The van der Waals surface area contributed by atoms with Crippen molar-refractivity contribution in [3.05, 3.63) is 34.9 Å². The minimum atomic E-state index is 0.0322. The Morgan fingerprint density at radius 1 is 1.17 bits per heavy atom. The third-order valence-electron chi connectivity index (χ3n) is 5.71. The molecular formula is C20H27NO3. The molecule has 1 aliphatic carbocycles. The number of rotatable bonds is 5. The molecule has 1 heterocycles. The molecule has 4 nitrogen and oxygen atoms in total. The lowest BCUT2D eigenvalue weighted by Gasteiger charge is -2.24. The Labute approximate surface area is 143 Å². The topological polar surface area (TPSA) is 57.6 Å². The van der Waals surface area contributed by atoms with Gasteiger partial charge in [0.15, 0.2) is 5.78 Å². The molecule has 1 aromatic rings. The van der Waals surface area contributed by atoms with Gasteiger partial charge in [0.05, 0.1) is 0 Å². The van der Waals surface area contributed by atoms with Gasteiger partial charge in [-0.25, -0.2) is 0 Å². The molecule has 0 saturated carbocycles. The lowest BCUT2D eigenvalue weighted by molar-refractivity contribution is -0.132. The van der Waals surface area contributed by atoms with Crippen LogP contribution in [0.15, 0.2) is 18.2 Å². The van der Waals surface area contributed by atoms with Gasteiger partial charge in [-0.2, -0.15) is 0 Å². The highest BCUT2D eigenvalue weighted by Gasteiger charge is 2.33. The maximum Gasteiger partial charge on any atom is 0.223 e. The van der Waals surface area contributed by atoms with E-state index < -0.39 is 0 Å². The van der Waals surface area contributed by atoms with Gasteiger partial charge in [-0.05, 0) is 56.2 Å². The zero-order valence-electron chi connectivity index (χ0n) is 14.5. The number of Topliss-reactive ketones (excluding diaryl/α,β-unsaturated/α-hetero) is 1. The van der Waals surface area contributed by atoms with E-state index in [1.54, 1.807) is 0 Å². The van der Waals surface area contributed by atoms with E-state index in [1.807, 2.05) is 24.0 Å². The van der Waals surface area contributed by atoms with Gasteiger partial charge in [0.1, 0.15) is 0 Å². The largest absolute Gasteiger partial charge is 0.396 e. The number of amides is 1. The van der Waals surface area contributed by atoms with Crippen LogP contribution in [0.2, 0.25) is 0 Å². The predicted octanol–water partition coefficient (Wildman–Crippen LogP) is 2.76. The molecular weight excluding hydrogens is 302 g/mol. The molecule has 2 unspecified atom stereocenters. The van der Waals surface area contributed by atoms with Crippen molar-refractivity contribution < 1.29 is 14.7 Å². The highest BCUT2D eigenvalue weighted by molar-refractivity contribution is 5.98. The summed E-state index contributed by atoms with van der Waals surface area (Å²) in [5.41, 5.74) is 3.42. The van der Waals surface area contributed by atoms with Gasteiger partial charge in [0, 0.05) is 43.5 Å². The second-order valence-corrected chi connectivity index (χ2v) is 7.17. The number of ketones is 1. The maximum atomic E-state index is 12.4. The second-order valence-electron chi connectivity index (χ2n) is 7.17. The molecule has 130 valence electrons. The molecule has 1 aliphatic heterocycles. The van der Waals surface area contributed by atoms with Gasteiger partial charge in [0.2, 0.25) is 5.91 Å². The zero-order valence-corrected chi connectivity index (χ0v) is 14.5. The summed E-state index contributed by atoms with van der Waals surface area (Å²) in [4.78, 5) is 26.6. The number of likely N-dealkylation sites (tertiary alicyclic amines) is 1. The summed E-state index contributed by atoms with van der Waals surface area (Å²) in [6, 6.07) is 6.10. The molecule has 1 N–H and O–H groups in total. The van der Waals surface area contributed by atoms with Gasteiger partial charge in [-0.3, -0.25) is 9.59 Å². The maximum absolute atomic E-state index is 12.4. The Morgan fingerprint density at radius 3 is 2.62 bits per heavy atom. The molecule has 0 radical (unpaired) electrons. The Balaban J connectivity index is 1.57. The number of fused-ring (bicyclic) bond motifs is 1. The average Bonchev–Trinajstić information content (AvgIpc) is 2.99. The molecule has 2 atom stereocenters. The number of nitrogens with zero attached hydrogens (tertiary/aromatic N) is 1. The highest BCUT2D eigenvalue weighted by atomic mass is 16.3. The summed E-state index contributed by atoms with van der Waals surface area (Å²) < 4.78 is 0. The molecule has 0 spiro atoms. The SMILES string of the molecule is CC1C(CO)CCN1C(=O)CCC(=O)c1ccc2c(c1)CCCC2. The molecule has 24 heavy (non-hydrogen) atoms. The van der Waals surface area contributed by atoms with Crippen LogP contribution in [-0.4, -0.2) is 40.9 Å². The number of aryl methyl sites for hydroxylation is 2. The van der Waals surface area contributed by atoms with E-state index in [1.165, 1.54) is 24.0 Å². The molecule has 2 aliphatic rings. The Hall–Kier alpha value is -1.68. The van der Waals surface area contributed by atoms with E-state index >= 15 is 0 Å². The van der Waals surface area contributed by atoms with Gasteiger partial charge < -0.3 is 10.0 Å². The number of hydrogen-bond donors (Lipinski definition) is 1. The van der Waals surface area contributed by atoms with Crippen molar-refractivity contribution in [2.75, 3.05) is 13.2 Å². The summed E-state index contributed by atoms with van der Waals surface area (Å²) in [5, 5.41) is 9.31. The normalized spacial score (nSPS) is 23.2. The Kier molecular flexibility index (Phi) is 5.34. The third kappa shape index (κ3) is 3.54. The zero-order chi connectivity index (χ0) is 17.1. The van der Waals surface area contributed by atoms with E-state index in [4.69, 9.17) is 0 Å². The van der Waals surface area contributed by atoms with Crippen LogP contribution in [0.3, 0.4) is 0 Å². The van der Waals surface area contributed by atoms with Crippen LogP contribution in [-0.2, 0) is 17.6 Å². The summed E-state index contributed by atoms with van der Waals surface area (Å²) in [7, 11) is 0. The van der Waals surface area contributed by atoms with E-state index in [0.29, 0.717) is 6.54 Å². The number of hydrogen-bond acceptors (Lipinski definition) is 3. The molecule has 4 heteroatoms. The first-order valence-corrected chi connectivity index (χ1v) is 9.15. The highest BCUT2D eigenvalue weighted by Crippen LogP contribution is 2.25. The molecule has 1 aromatic carbocycles. The monoisotopic (exact) mass is 329 g/mol. The van der Waals surface area contributed by atoms with E-state index in [2.05, 4.69) is 6.07 Å². The van der Waals surface area contributed by atoms with E-state index in [-0.39, 0.29) is 43.1 Å². The predicted molar refractivity (Wildman–Crippen MR) is 93.0 cm³/mol. The lowest BCUT2D eigenvalue weighted by Crippen LogP contribution is -2.36.